The first-order chi connectivity index (χ1) is 14.4. The summed E-state index contributed by atoms with van der Waals surface area (Å²) >= 11 is 5.86. The van der Waals surface area contributed by atoms with Gasteiger partial charge in [0.1, 0.15) is 5.75 Å². The maximum Gasteiger partial charge on any atom is 0.387 e. The number of halogens is 3. The lowest BCUT2D eigenvalue weighted by molar-refractivity contribution is -0.131. The Balaban J connectivity index is 1.46. The zero-order valence-electron chi connectivity index (χ0n) is 16.2. The van der Waals surface area contributed by atoms with Crippen molar-refractivity contribution < 1.29 is 23.1 Å². The van der Waals surface area contributed by atoms with E-state index < -0.39 is 6.61 Å². The number of hydrogen-bond donors (Lipinski definition) is 1. The largest absolute Gasteiger partial charge is 0.434 e. The lowest BCUT2D eigenvalue weighted by Gasteiger charge is -2.34. The van der Waals surface area contributed by atoms with Crippen LogP contribution in [-0.4, -0.2) is 54.5 Å². The van der Waals surface area contributed by atoms with Crippen molar-refractivity contribution in [1.82, 2.24) is 15.1 Å². The van der Waals surface area contributed by atoms with Crippen molar-refractivity contribution in [3.63, 3.8) is 0 Å². The standard InChI is InChI=1S/C21H22ClF2N3O3/c22-17-7-5-15(6-8-17)13-19(28)26-9-11-27(12-10-26)21(29)25-14-16-3-1-2-4-18(16)30-20(23)24/h1-8,20H,9-14H2,(H,25,29). The second kappa shape index (κ2) is 10.2. The molecule has 0 unspecified atom stereocenters. The van der Waals surface area contributed by atoms with Crippen LogP contribution < -0.4 is 10.1 Å². The Morgan fingerprint density at radius 1 is 1.00 bits per heavy atom. The Bertz CT molecular complexity index is 872. The van der Waals surface area contributed by atoms with Crippen molar-refractivity contribution in [2.75, 3.05) is 26.2 Å². The molecule has 2 aromatic rings. The molecule has 1 heterocycles. The number of carbonyl (C=O) groups is 2. The van der Waals surface area contributed by atoms with Crippen LogP contribution in [0.5, 0.6) is 5.75 Å². The fraction of sp³-hybridized carbons (Fsp3) is 0.333. The van der Waals surface area contributed by atoms with Gasteiger partial charge in [-0.3, -0.25) is 4.79 Å². The van der Waals surface area contributed by atoms with Crippen molar-refractivity contribution in [3.8, 4) is 5.75 Å². The third-order valence-electron chi connectivity index (χ3n) is 4.81. The molecule has 1 aliphatic rings. The summed E-state index contributed by atoms with van der Waals surface area (Å²) in [5, 5.41) is 3.34. The number of hydrogen-bond acceptors (Lipinski definition) is 3. The van der Waals surface area contributed by atoms with Crippen LogP contribution in [0.3, 0.4) is 0 Å². The monoisotopic (exact) mass is 437 g/mol. The van der Waals surface area contributed by atoms with Gasteiger partial charge in [-0.1, -0.05) is 41.9 Å². The predicted molar refractivity (Wildman–Crippen MR) is 109 cm³/mol. The lowest BCUT2D eigenvalue weighted by atomic mass is 10.1. The number of piperazine rings is 1. The molecule has 0 spiro atoms. The number of ether oxygens (including phenoxy) is 1. The van der Waals surface area contributed by atoms with Crippen LogP contribution >= 0.6 is 11.6 Å². The highest BCUT2D eigenvalue weighted by Crippen LogP contribution is 2.20. The SMILES string of the molecule is O=C(Cc1ccc(Cl)cc1)N1CCN(C(=O)NCc2ccccc2OC(F)F)CC1. The molecule has 1 N–H and O–H groups in total. The maximum absolute atomic E-state index is 12.5. The van der Waals surface area contributed by atoms with E-state index in [1.807, 2.05) is 12.1 Å². The lowest BCUT2D eigenvalue weighted by Crippen LogP contribution is -2.53. The van der Waals surface area contributed by atoms with E-state index >= 15 is 0 Å². The molecule has 1 aliphatic heterocycles. The van der Waals surface area contributed by atoms with Gasteiger partial charge in [0.05, 0.1) is 6.42 Å². The van der Waals surface area contributed by atoms with E-state index in [1.54, 1.807) is 40.1 Å². The summed E-state index contributed by atoms with van der Waals surface area (Å²) in [6.45, 7) is -1.20. The van der Waals surface area contributed by atoms with Crippen LogP contribution in [0.4, 0.5) is 13.6 Å². The van der Waals surface area contributed by atoms with E-state index in [-0.39, 0.29) is 30.7 Å². The van der Waals surface area contributed by atoms with Crippen molar-refractivity contribution in [2.24, 2.45) is 0 Å². The molecule has 0 radical (unpaired) electrons. The molecule has 160 valence electrons. The zero-order valence-corrected chi connectivity index (χ0v) is 16.9. The Morgan fingerprint density at radius 3 is 2.30 bits per heavy atom. The van der Waals surface area contributed by atoms with Crippen LogP contribution in [0.25, 0.3) is 0 Å². The fourth-order valence-electron chi connectivity index (χ4n) is 3.19. The maximum atomic E-state index is 12.5. The summed E-state index contributed by atoms with van der Waals surface area (Å²) in [6.07, 6.45) is 0.282. The normalized spacial score (nSPS) is 14.0. The molecule has 0 aliphatic carbocycles. The van der Waals surface area contributed by atoms with Crippen molar-refractivity contribution in [1.29, 1.82) is 0 Å². The minimum absolute atomic E-state index is 0.00421. The van der Waals surface area contributed by atoms with Gasteiger partial charge in [0, 0.05) is 43.3 Å². The van der Waals surface area contributed by atoms with Crippen LogP contribution in [0.15, 0.2) is 48.5 Å². The smallest absolute Gasteiger partial charge is 0.387 e. The number of amides is 3. The molecule has 30 heavy (non-hydrogen) atoms. The van der Waals surface area contributed by atoms with Crippen LogP contribution in [0.2, 0.25) is 5.02 Å². The second-order valence-electron chi connectivity index (χ2n) is 6.82. The molecule has 1 saturated heterocycles. The average molecular weight is 438 g/mol. The molecule has 0 atom stereocenters. The Morgan fingerprint density at radius 2 is 1.63 bits per heavy atom. The highest BCUT2D eigenvalue weighted by molar-refractivity contribution is 6.30. The molecule has 2 aromatic carbocycles. The molecule has 9 heteroatoms. The van der Waals surface area contributed by atoms with E-state index in [4.69, 9.17) is 11.6 Å². The number of benzene rings is 2. The first-order valence-corrected chi connectivity index (χ1v) is 9.88. The molecule has 0 saturated carbocycles. The highest BCUT2D eigenvalue weighted by atomic mass is 35.5. The van der Waals surface area contributed by atoms with Gasteiger partial charge >= 0.3 is 12.6 Å². The summed E-state index contributed by atoms with van der Waals surface area (Å²) in [7, 11) is 0. The number of carbonyl (C=O) groups excluding carboxylic acids is 2. The van der Waals surface area contributed by atoms with Gasteiger partial charge in [-0.2, -0.15) is 8.78 Å². The van der Waals surface area contributed by atoms with E-state index in [9.17, 15) is 18.4 Å². The summed E-state index contributed by atoms with van der Waals surface area (Å²) in [4.78, 5) is 28.2. The van der Waals surface area contributed by atoms with Gasteiger partial charge in [0.25, 0.3) is 0 Å². The van der Waals surface area contributed by atoms with Crippen LogP contribution in [-0.2, 0) is 17.8 Å². The minimum atomic E-state index is -2.93. The molecular weight excluding hydrogens is 416 g/mol. The van der Waals surface area contributed by atoms with Gasteiger partial charge in [-0.25, -0.2) is 4.79 Å². The molecular formula is C21H22ClF2N3O3. The van der Waals surface area contributed by atoms with Gasteiger partial charge in [-0.05, 0) is 23.8 Å². The average Bonchev–Trinajstić information content (AvgIpc) is 2.74. The Hall–Kier alpha value is -2.87. The number of rotatable bonds is 6. The highest BCUT2D eigenvalue weighted by Gasteiger charge is 2.24. The summed E-state index contributed by atoms with van der Waals surface area (Å²) < 4.78 is 29.5. The topological polar surface area (TPSA) is 61.9 Å². The van der Waals surface area contributed by atoms with Crippen molar-refractivity contribution >= 4 is 23.5 Å². The summed E-state index contributed by atoms with van der Waals surface area (Å²) in [5.74, 6) is 0.0286. The molecule has 0 aromatic heterocycles. The van der Waals surface area contributed by atoms with Gasteiger partial charge < -0.3 is 19.9 Å². The third-order valence-corrected chi connectivity index (χ3v) is 5.06. The summed E-state index contributed by atoms with van der Waals surface area (Å²) in [6, 6.07) is 13.1. The van der Waals surface area contributed by atoms with Gasteiger partial charge in [0.2, 0.25) is 5.91 Å². The molecule has 3 amide bonds. The third kappa shape index (κ3) is 6.06. The number of urea groups is 1. The second-order valence-corrected chi connectivity index (χ2v) is 7.25. The number of nitrogens with zero attached hydrogens (tertiary/aromatic N) is 2. The fourth-order valence-corrected chi connectivity index (χ4v) is 3.32. The van der Waals surface area contributed by atoms with Crippen molar-refractivity contribution in [2.45, 2.75) is 19.6 Å². The van der Waals surface area contributed by atoms with Crippen LogP contribution in [0.1, 0.15) is 11.1 Å². The predicted octanol–water partition coefficient (Wildman–Crippen LogP) is 3.54. The van der Waals surface area contributed by atoms with Crippen LogP contribution in [0, 0.1) is 0 Å². The number of nitrogens with one attached hydrogen (secondary N) is 1. The van der Waals surface area contributed by atoms with Gasteiger partial charge in [0.15, 0.2) is 0 Å². The van der Waals surface area contributed by atoms with Gasteiger partial charge in [-0.15, -0.1) is 0 Å². The van der Waals surface area contributed by atoms with E-state index in [1.165, 1.54) is 6.07 Å². The first kappa shape index (κ1) is 21.8. The van der Waals surface area contributed by atoms with E-state index in [2.05, 4.69) is 10.1 Å². The molecule has 0 bridgehead atoms. The van der Waals surface area contributed by atoms with E-state index in [0.29, 0.717) is 36.8 Å². The first-order valence-electron chi connectivity index (χ1n) is 9.50. The minimum Gasteiger partial charge on any atom is -0.434 e. The molecule has 3 rings (SSSR count). The van der Waals surface area contributed by atoms with E-state index in [0.717, 1.165) is 5.56 Å². The summed E-state index contributed by atoms with van der Waals surface area (Å²) in [5.41, 5.74) is 1.34. The molecule has 6 nitrogen and oxygen atoms in total. The number of para-hydroxylation sites is 1. The molecule has 1 fully saturated rings. The zero-order chi connectivity index (χ0) is 21.5. The number of alkyl halides is 2. The Labute approximate surface area is 178 Å². The van der Waals surface area contributed by atoms with Crippen molar-refractivity contribution in [3.05, 3.63) is 64.7 Å². The quantitative estimate of drug-likeness (QED) is 0.752. The Kier molecular flexibility index (Phi) is 7.46.